The molecule has 3 nitrogen and oxygen atoms in total. The van der Waals surface area contributed by atoms with Gasteiger partial charge in [-0.2, -0.15) is 0 Å². The van der Waals surface area contributed by atoms with Crippen molar-refractivity contribution in [3.05, 3.63) is 127 Å². The first-order valence-corrected chi connectivity index (χ1v) is 11.2. The standard InChI is InChI=1S/C26H14Cl4O3/c27-17-9-5-10-18(28)23(17)25(31)15-7-1-3-13-21(15)33-22-14-4-2-8-16(22)26(32)24-19(29)11-6-12-20(24)30/h1-14H. The molecule has 0 aliphatic carbocycles. The topological polar surface area (TPSA) is 43.4 Å². The highest BCUT2D eigenvalue weighted by molar-refractivity contribution is 6.42. The van der Waals surface area contributed by atoms with Crippen molar-refractivity contribution < 1.29 is 14.3 Å². The van der Waals surface area contributed by atoms with Crippen LogP contribution >= 0.6 is 46.4 Å². The number of carbonyl (C=O) groups is 2. The van der Waals surface area contributed by atoms with Gasteiger partial charge in [0.2, 0.25) is 0 Å². The van der Waals surface area contributed by atoms with Gasteiger partial charge < -0.3 is 4.74 Å². The molecule has 0 unspecified atom stereocenters. The molecule has 0 bridgehead atoms. The maximum atomic E-state index is 13.3. The zero-order valence-corrected chi connectivity index (χ0v) is 19.8. The molecular formula is C26H14Cl4O3. The van der Waals surface area contributed by atoms with Crippen LogP contribution in [0.15, 0.2) is 84.9 Å². The van der Waals surface area contributed by atoms with Crippen molar-refractivity contribution in [1.82, 2.24) is 0 Å². The number of para-hydroxylation sites is 2. The van der Waals surface area contributed by atoms with Crippen LogP contribution < -0.4 is 4.74 Å². The largest absolute Gasteiger partial charge is 0.456 e. The SMILES string of the molecule is O=C(c1ccccc1Oc1ccccc1C(=O)c1c(Cl)cccc1Cl)c1c(Cl)cccc1Cl. The summed E-state index contributed by atoms with van der Waals surface area (Å²) in [7, 11) is 0. The highest BCUT2D eigenvalue weighted by Crippen LogP contribution is 2.35. The molecule has 0 aliphatic heterocycles. The van der Waals surface area contributed by atoms with Gasteiger partial charge in [-0.3, -0.25) is 9.59 Å². The number of carbonyl (C=O) groups excluding carboxylic acids is 2. The van der Waals surface area contributed by atoms with E-state index in [1.54, 1.807) is 84.9 Å². The maximum Gasteiger partial charge on any atom is 0.199 e. The first kappa shape index (κ1) is 23.3. The molecule has 0 radical (unpaired) electrons. The van der Waals surface area contributed by atoms with Gasteiger partial charge in [0, 0.05) is 0 Å². The molecule has 0 aromatic heterocycles. The number of hydrogen-bond donors (Lipinski definition) is 0. The van der Waals surface area contributed by atoms with Crippen LogP contribution in [0.25, 0.3) is 0 Å². The summed E-state index contributed by atoms with van der Waals surface area (Å²) in [6.45, 7) is 0. The number of halogens is 4. The molecule has 7 heteroatoms. The Hall–Kier alpha value is -2.82. The van der Waals surface area contributed by atoms with E-state index in [4.69, 9.17) is 51.1 Å². The fourth-order valence-electron chi connectivity index (χ4n) is 3.30. The molecule has 0 heterocycles. The lowest BCUT2D eigenvalue weighted by atomic mass is 10.0. The molecule has 0 fully saturated rings. The van der Waals surface area contributed by atoms with Crippen molar-refractivity contribution in [2.75, 3.05) is 0 Å². The second-order valence-electron chi connectivity index (χ2n) is 6.95. The van der Waals surface area contributed by atoms with Crippen LogP contribution in [0.3, 0.4) is 0 Å². The van der Waals surface area contributed by atoms with Gasteiger partial charge in [-0.05, 0) is 48.5 Å². The highest BCUT2D eigenvalue weighted by Gasteiger charge is 2.23. The summed E-state index contributed by atoms with van der Waals surface area (Å²) < 4.78 is 6.07. The quantitative estimate of drug-likeness (QED) is 0.241. The Kier molecular flexibility index (Phi) is 7.06. The monoisotopic (exact) mass is 514 g/mol. The van der Waals surface area contributed by atoms with Gasteiger partial charge in [0.15, 0.2) is 11.6 Å². The van der Waals surface area contributed by atoms with Crippen LogP contribution in [0, 0.1) is 0 Å². The molecule has 0 saturated carbocycles. The number of benzene rings is 4. The van der Waals surface area contributed by atoms with Crippen molar-refractivity contribution in [2.24, 2.45) is 0 Å². The molecule has 0 saturated heterocycles. The summed E-state index contributed by atoms with van der Waals surface area (Å²) >= 11 is 24.9. The lowest BCUT2D eigenvalue weighted by Gasteiger charge is -2.15. The number of ether oxygens (including phenoxy) is 1. The molecule has 4 rings (SSSR count). The van der Waals surface area contributed by atoms with Crippen molar-refractivity contribution in [1.29, 1.82) is 0 Å². The van der Waals surface area contributed by atoms with Crippen LogP contribution in [-0.2, 0) is 0 Å². The third-order valence-corrected chi connectivity index (χ3v) is 6.12. The maximum absolute atomic E-state index is 13.3. The molecule has 0 N–H and O–H groups in total. The Morgan fingerprint density at radius 1 is 0.485 bits per heavy atom. The summed E-state index contributed by atoms with van der Waals surface area (Å²) in [4.78, 5) is 26.6. The van der Waals surface area contributed by atoms with E-state index >= 15 is 0 Å². The van der Waals surface area contributed by atoms with Crippen LogP contribution in [0.1, 0.15) is 31.8 Å². The minimum atomic E-state index is -0.404. The number of hydrogen-bond acceptors (Lipinski definition) is 3. The van der Waals surface area contributed by atoms with Gasteiger partial charge in [-0.25, -0.2) is 0 Å². The average Bonchev–Trinajstić information content (AvgIpc) is 2.79. The molecule has 0 amide bonds. The fourth-order valence-corrected chi connectivity index (χ4v) is 4.44. The molecule has 164 valence electrons. The van der Waals surface area contributed by atoms with Crippen molar-refractivity contribution in [3.8, 4) is 11.5 Å². The van der Waals surface area contributed by atoms with Crippen LogP contribution in [0.2, 0.25) is 20.1 Å². The molecular weight excluding hydrogens is 502 g/mol. The predicted molar refractivity (Wildman–Crippen MR) is 133 cm³/mol. The molecule has 0 atom stereocenters. The lowest BCUT2D eigenvalue weighted by Crippen LogP contribution is -2.08. The Bertz CT molecular complexity index is 1240. The summed E-state index contributed by atoms with van der Waals surface area (Å²) in [6.07, 6.45) is 0. The van der Waals surface area contributed by atoms with Crippen LogP contribution in [0.4, 0.5) is 0 Å². The Balaban J connectivity index is 1.76. The van der Waals surface area contributed by atoms with Crippen molar-refractivity contribution in [3.63, 3.8) is 0 Å². The number of rotatable bonds is 6. The predicted octanol–water partition coefficient (Wildman–Crippen LogP) is 8.55. The molecule has 4 aromatic rings. The van der Waals surface area contributed by atoms with E-state index in [0.717, 1.165) is 0 Å². The summed E-state index contributed by atoms with van der Waals surface area (Å²) in [5, 5.41) is 0.912. The van der Waals surface area contributed by atoms with Gasteiger partial charge in [-0.15, -0.1) is 0 Å². The zero-order chi connectivity index (χ0) is 23.5. The number of ketones is 2. The van der Waals surface area contributed by atoms with Crippen molar-refractivity contribution >= 4 is 58.0 Å². The van der Waals surface area contributed by atoms with E-state index in [9.17, 15) is 9.59 Å². The zero-order valence-electron chi connectivity index (χ0n) is 16.8. The summed E-state index contributed by atoms with van der Waals surface area (Å²) in [5.41, 5.74) is 0.823. The van der Waals surface area contributed by atoms with E-state index in [-0.39, 0.29) is 53.8 Å². The highest BCUT2D eigenvalue weighted by atomic mass is 35.5. The van der Waals surface area contributed by atoms with Gasteiger partial charge in [0.05, 0.1) is 42.3 Å². The first-order chi connectivity index (χ1) is 15.9. The lowest BCUT2D eigenvalue weighted by molar-refractivity contribution is 0.103. The van der Waals surface area contributed by atoms with Gasteiger partial charge in [-0.1, -0.05) is 82.8 Å². The van der Waals surface area contributed by atoms with Crippen molar-refractivity contribution in [2.45, 2.75) is 0 Å². The van der Waals surface area contributed by atoms with E-state index in [1.807, 2.05) is 0 Å². The van der Waals surface area contributed by atoms with Gasteiger partial charge >= 0.3 is 0 Å². The molecule has 0 aliphatic rings. The normalized spacial score (nSPS) is 10.7. The van der Waals surface area contributed by atoms with E-state index in [2.05, 4.69) is 0 Å². The Morgan fingerprint density at radius 3 is 1.18 bits per heavy atom. The smallest absolute Gasteiger partial charge is 0.199 e. The second-order valence-corrected chi connectivity index (χ2v) is 8.57. The second kappa shape index (κ2) is 9.98. The molecule has 33 heavy (non-hydrogen) atoms. The van der Waals surface area contributed by atoms with Gasteiger partial charge in [0.25, 0.3) is 0 Å². The summed E-state index contributed by atoms with van der Waals surface area (Å²) in [5.74, 6) is -0.328. The Labute approximate surface area is 210 Å². The first-order valence-electron chi connectivity index (χ1n) is 9.72. The van der Waals surface area contributed by atoms with Gasteiger partial charge in [0.1, 0.15) is 11.5 Å². The average molecular weight is 516 g/mol. The van der Waals surface area contributed by atoms with E-state index < -0.39 is 11.6 Å². The minimum Gasteiger partial charge on any atom is -0.456 e. The fraction of sp³-hybridized carbons (Fsp3) is 0. The van der Waals surface area contributed by atoms with E-state index in [0.29, 0.717) is 0 Å². The third kappa shape index (κ3) is 4.78. The van der Waals surface area contributed by atoms with E-state index in [1.165, 1.54) is 0 Å². The molecule has 4 aromatic carbocycles. The minimum absolute atomic E-state index is 0.170. The summed E-state index contributed by atoms with van der Waals surface area (Å²) in [6, 6.07) is 23.0. The molecule has 0 spiro atoms. The van der Waals surface area contributed by atoms with Crippen LogP contribution in [0.5, 0.6) is 11.5 Å². The van der Waals surface area contributed by atoms with Crippen LogP contribution in [-0.4, -0.2) is 11.6 Å². The Morgan fingerprint density at radius 2 is 0.818 bits per heavy atom. The third-order valence-electron chi connectivity index (χ3n) is 4.86.